The summed E-state index contributed by atoms with van der Waals surface area (Å²) in [7, 11) is 0. The molecule has 192 valence electrons. The number of nitrogens with two attached hydrogens (primary N) is 1. The number of nitrogens with zero attached hydrogens (tertiary/aromatic N) is 2. The average molecular weight is 493 g/mol. The molecule has 34 heavy (non-hydrogen) atoms. The maximum Gasteiger partial charge on any atom is 0.240 e. The third kappa shape index (κ3) is 10.3. The highest BCUT2D eigenvalue weighted by Crippen LogP contribution is 2.27. The Balaban J connectivity index is 0.000000563. The van der Waals surface area contributed by atoms with Crippen LogP contribution in [0.25, 0.3) is 10.4 Å². The monoisotopic (exact) mass is 492 g/mol. The van der Waals surface area contributed by atoms with Gasteiger partial charge in [-0.25, -0.2) is 4.98 Å². The molecule has 4 N–H and O–H groups in total. The first-order chi connectivity index (χ1) is 16.1. The van der Waals surface area contributed by atoms with Crippen LogP contribution in [0.3, 0.4) is 0 Å². The van der Waals surface area contributed by atoms with Gasteiger partial charge in [-0.1, -0.05) is 72.7 Å². The molecule has 2 unspecified atom stereocenters. The van der Waals surface area contributed by atoms with Crippen molar-refractivity contribution in [2.75, 3.05) is 13.1 Å². The Kier molecular flexibility index (Phi) is 15.3. The van der Waals surface area contributed by atoms with Crippen LogP contribution in [0.1, 0.15) is 66.1 Å². The van der Waals surface area contributed by atoms with Gasteiger partial charge in [0.25, 0.3) is 0 Å². The number of aryl methyl sites for hydroxylation is 1. The number of nitrogens with one attached hydrogen (secondary N) is 1. The van der Waals surface area contributed by atoms with Gasteiger partial charge in [0.05, 0.1) is 28.2 Å². The number of likely N-dealkylation sites (tertiary alicyclic amines) is 1. The van der Waals surface area contributed by atoms with Crippen molar-refractivity contribution >= 4 is 23.7 Å². The summed E-state index contributed by atoms with van der Waals surface area (Å²) < 4.78 is 0. The molecule has 1 aromatic heterocycles. The van der Waals surface area contributed by atoms with Gasteiger partial charge in [0, 0.05) is 19.6 Å². The number of hydrogen-bond acceptors (Lipinski definition) is 6. The Bertz CT molecular complexity index is 831. The molecule has 2 aromatic rings. The number of thiazole rings is 1. The van der Waals surface area contributed by atoms with Crippen molar-refractivity contribution in [3.63, 3.8) is 0 Å². The SMILES string of the molecule is CC.CC.CC(C)(C)C(N)C(=O)N1CCC(O)C1.Cc1ncsc1-c1ccc(CNC=O)cc1. The van der Waals surface area contributed by atoms with E-state index < -0.39 is 6.04 Å². The molecule has 1 aliphatic heterocycles. The highest BCUT2D eigenvalue weighted by Gasteiger charge is 2.34. The Morgan fingerprint density at radius 3 is 2.26 bits per heavy atom. The van der Waals surface area contributed by atoms with Crippen molar-refractivity contribution in [3.8, 4) is 10.4 Å². The van der Waals surface area contributed by atoms with Crippen molar-refractivity contribution in [2.45, 2.75) is 80.5 Å². The van der Waals surface area contributed by atoms with E-state index in [0.29, 0.717) is 32.5 Å². The number of benzene rings is 1. The van der Waals surface area contributed by atoms with E-state index in [9.17, 15) is 14.7 Å². The summed E-state index contributed by atoms with van der Waals surface area (Å²) in [6.45, 7) is 17.5. The largest absolute Gasteiger partial charge is 0.391 e. The van der Waals surface area contributed by atoms with E-state index in [1.165, 1.54) is 10.4 Å². The molecule has 8 heteroatoms. The molecule has 1 fully saturated rings. The Morgan fingerprint density at radius 1 is 1.26 bits per heavy atom. The lowest BCUT2D eigenvalue weighted by atomic mass is 9.86. The van der Waals surface area contributed by atoms with Gasteiger partial charge in [0.1, 0.15) is 0 Å². The molecule has 1 aromatic carbocycles. The predicted octanol–water partition coefficient (Wildman–Crippen LogP) is 4.37. The summed E-state index contributed by atoms with van der Waals surface area (Å²) in [6.07, 6.45) is 1.01. The zero-order valence-electron chi connectivity index (χ0n) is 22.1. The number of aliphatic hydroxyl groups excluding tert-OH is 1. The number of β-amino-alcohol motifs (C(OH)–C–C–N with tert-alkyl or cyclic N) is 1. The number of carbonyl (C=O) groups excluding carboxylic acids is 2. The maximum atomic E-state index is 11.8. The fraction of sp³-hybridized carbons (Fsp3) is 0.577. The Hall–Kier alpha value is -2.29. The van der Waals surface area contributed by atoms with E-state index in [2.05, 4.69) is 22.4 Å². The highest BCUT2D eigenvalue weighted by atomic mass is 32.1. The van der Waals surface area contributed by atoms with Crippen LogP contribution in [-0.4, -0.2) is 52.5 Å². The molecule has 3 rings (SSSR count). The van der Waals surface area contributed by atoms with Crippen LogP contribution < -0.4 is 11.1 Å². The van der Waals surface area contributed by atoms with E-state index in [1.807, 2.05) is 73.0 Å². The molecule has 0 spiro atoms. The molecule has 1 aliphatic rings. The number of hydrogen-bond donors (Lipinski definition) is 3. The van der Waals surface area contributed by atoms with Crippen molar-refractivity contribution in [2.24, 2.45) is 11.1 Å². The first-order valence-corrected chi connectivity index (χ1v) is 12.9. The van der Waals surface area contributed by atoms with Gasteiger partial charge in [0.15, 0.2) is 0 Å². The smallest absolute Gasteiger partial charge is 0.240 e. The molecular formula is C26H44N4O3S. The molecule has 0 radical (unpaired) electrons. The summed E-state index contributed by atoms with van der Waals surface area (Å²) in [4.78, 5) is 29.1. The maximum absolute atomic E-state index is 11.8. The molecule has 2 amide bonds. The van der Waals surface area contributed by atoms with Gasteiger partial charge in [-0.2, -0.15) is 0 Å². The number of aliphatic hydroxyl groups is 1. The summed E-state index contributed by atoms with van der Waals surface area (Å²) in [5, 5.41) is 11.9. The summed E-state index contributed by atoms with van der Waals surface area (Å²) in [5.74, 6) is -0.0472. The first-order valence-electron chi connectivity index (χ1n) is 12.0. The minimum absolute atomic E-state index is 0.0472. The molecule has 2 atom stereocenters. The number of rotatable bonds is 5. The number of aromatic nitrogens is 1. The van der Waals surface area contributed by atoms with Crippen LogP contribution >= 0.6 is 11.3 Å². The number of amides is 2. The van der Waals surface area contributed by atoms with Crippen molar-refractivity contribution in [3.05, 3.63) is 41.0 Å². The third-order valence-corrected chi connectivity index (χ3v) is 6.00. The van der Waals surface area contributed by atoms with Crippen molar-refractivity contribution < 1.29 is 14.7 Å². The van der Waals surface area contributed by atoms with Crippen LogP contribution in [0.15, 0.2) is 29.8 Å². The quantitative estimate of drug-likeness (QED) is 0.537. The zero-order chi connectivity index (χ0) is 26.3. The Labute approximate surface area is 209 Å². The van der Waals surface area contributed by atoms with Gasteiger partial charge in [-0.3, -0.25) is 9.59 Å². The molecule has 7 nitrogen and oxygen atoms in total. The molecule has 1 saturated heterocycles. The third-order valence-electron chi connectivity index (χ3n) is 5.03. The average Bonchev–Trinajstić information content (AvgIpc) is 3.47. The van der Waals surface area contributed by atoms with Gasteiger partial charge in [-0.05, 0) is 29.9 Å². The normalized spacial score (nSPS) is 15.5. The predicted molar refractivity (Wildman–Crippen MR) is 143 cm³/mol. The van der Waals surface area contributed by atoms with Crippen LogP contribution in [0, 0.1) is 12.3 Å². The minimum atomic E-state index is -0.479. The van der Waals surface area contributed by atoms with E-state index in [-0.39, 0.29) is 17.4 Å². The zero-order valence-corrected chi connectivity index (χ0v) is 22.9. The van der Waals surface area contributed by atoms with Gasteiger partial charge in [-0.15, -0.1) is 11.3 Å². The molecule has 2 heterocycles. The van der Waals surface area contributed by atoms with E-state index >= 15 is 0 Å². The van der Waals surface area contributed by atoms with Gasteiger partial charge in [0.2, 0.25) is 12.3 Å². The lowest BCUT2D eigenvalue weighted by Crippen LogP contribution is -2.49. The van der Waals surface area contributed by atoms with Crippen LogP contribution in [0.2, 0.25) is 0 Å². The standard InChI is InChI=1S/C12H12N2OS.C10H20N2O2.2C2H6/c1-9-12(16-8-14-9)11-4-2-10(3-5-11)6-13-7-15;1-10(2,3)8(11)9(14)12-5-4-7(13)6-12;2*1-2/h2-5,7-8H,6H2,1H3,(H,13,15);7-8,13H,4-6,11H2,1-3H3;2*1-2H3. The lowest BCUT2D eigenvalue weighted by molar-refractivity contribution is -0.134. The van der Waals surface area contributed by atoms with E-state index in [0.717, 1.165) is 11.3 Å². The second kappa shape index (κ2) is 16.4. The Morgan fingerprint density at radius 2 is 1.85 bits per heavy atom. The minimum Gasteiger partial charge on any atom is -0.391 e. The second-order valence-electron chi connectivity index (χ2n) is 8.53. The van der Waals surface area contributed by atoms with Gasteiger partial charge >= 0.3 is 0 Å². The first kappa shape index (κ1) is 31.7. The highest BCUT2D eigenvalue weighted by molar-refractivity contribution is 7.13. The summed E-state index contributed by atoms with van der Waals surface area (Å²) in [5.41, 5.74) is 10.8. The summed E-state index contributed by atoms with van der Waals surface area (Å²) in [6, 6.07) is 7.67. The fourth-order valence-electron chi connectivity index (χ4n) is 3.02. The van der Waals surface area contributed by atoms with Crippen molar-refractivity contribution in [1.29, 1.82) is 0 Å². The molecule has 0 bridgehead atoms. The van der Waals surface area contributed by atoms with E-state index in [1.54, 1.807) is 16.2 Å². The van der Waals surface area contributed by atoms with Crippen molar-refractivity contribution in [1.82, 2.24) is 15.2 Å². The fourth-order valence-corrected chi connectivity index (χ4v) is 3.83. The van der Waals surface area contributed by atoms with Gasteiger partial charge < -0.3 is 21.1 Å². The van der Waals surface area contributed by atoms with E-state index in [4.69, 9.17) is 5.73 Å². The molecular weight excluding hydrogens is 448 g/mol. The lowest BCUT2D eigenvalue weighted by Gasteiger charge is -2.29. The topological polar surface area (TPSA) is 109 Å². The summed E-state index contributed by atoms with van der Waals surface area (Å²) >= 11 is 1.64. The molecule has 0 aliphatic carbocycles. The van der Waals surface area contributed by atoms with Crippen LogP contribution in [0.5, 0.6) is 0 Å². The molecule has 0 saturated carbocycles. The van der Waals surface area contributed by atoms with Crippen LogP contribution in [0.4, 0.5) is 0 Å². The van der Waals surface area contributed by atoms with Crippen LogP contribution in [-0.2, 0) is 16.1 Å². The second-order valence-corrected chi connectivity index (χ2v) is 9.39. The number of carbonyl (C=O) groups is 2.